The number of hydrogen-bond acceptors (Lipinski definition) is 3. The van der Waals surface area contributed by atoms with Crippen molar-refractivity contribution in [3.63, 3.8) is 0 Å². The maximum Gasteiger partial charge on any atom is 0.222 e. The quantitative estimate of drug-likeness (QED) is 0.668. The van der Waals surface area contributed by atoms with Crippen molar-refractivity contribution < 1.29 is 9.53 Å². The third kappa shape index (κ3) is 4.49. The summed E-state index contributed by atoms with van der Waals surface area (Å²) in [5, 5.41) is 3.38. The van der Waals surface area contributed by atoms with Crippen LogP contribution >= 0.6 is 0 Å². The monoisotopic (exact) mass is 228 g/mol. The van der Waals surface area contributed by atoms with Gasteiger partial charge in [0.05, 0.1) is 18.6 Å². The fourth-order valence-corrected chi connectivity index (χ4v) is 2.25. The second-order valence-corrected chi connectivity index (χ2v) is 4.77. The molecule has 0 radical (unpaired) electrons. The van der Waals surface area contributed by atoms with E-state index < -0.39 is 0 Å². The SMILES string of the molecule is CC(C)OCCN[C@H]1CCCC[C@H]1C(N)=O. The Morgan fingerprint density at radius 3 is 2.75 bits per heavy atom. The third-order valence-corrected chi connectivity index (χ3v) is 3.09. The van der Waals surface area contributed by atoms with Crippen LogP contribution in [0.25, 0.3) is 0 Å². The smallest absolute Gasteiger partial charge is 0.222 e. The maximum atomic E-state index is 11.3. The summed E-state index contributed by atoms with van der Waals surface area (Å²) in [7, 11) is 0. The average molecular weight is 228 g/mol. The van der Waals surface area contributed by atoms with Gasteiger partial charge in [0.1, 0.15) is 0 Å². The molecule has 1 saturated carbocycles. The highest BCUT2D eigenvalue weighted by Crippen LogP contribution is 2.23. The fraction of sp³-hybridized carbons (Fsp3) is 0.917. The summed E-state index contributed by atoms with van der Waals surface area (Å²) in [6, 6.07) is 0.252. The molecular weight excluding hydrogens is 204 g/mol. The van der Waals surface area contributed by atoms with Crippen LogP contribution in [-0.4, -0.2) is 31.2 Å². The van der Waals surface area contributed by atoms with Gasteiger partial charge in [-0.05, 0) is 26.7 Å². The standard InChI is InChI=1S/C12H24N2O2/c1-9(2)16-8-7-14-11-6-4-3-5-10(11)12(13)15/h9-11,14H,3-8H2,1-2H3,(H2,13,15)/t10-,11+/m1/s1. The van der Waals surface area contributed by atoms with Gasteiger partial charge < -0.3 is 15.8 Å². The van der Waals surface area contributed by atoms with Crippen molar-refractivity contribution in [2.75, 3.05) is 13.2 Å². The van der Waals surface area contributed by atoms with Crippen LogP contribution in [0.1, 0.15) is 39.5 Å². The number of ether oxygens (including phenoxy) is 1. The first-order valence-electron chi connectivity index (χ1n) is 6.25. The molecule has 4 nitrogen and oxygen atoms in total. The van der Waals surface area contributed by atoms with Gasteiger partial charge in [-0.15, -0.1) is 0 Å². The predicted octanol–water partition coefficient (Wildman–Crippen LogP) is 1.05. The molecule has 1 amide bonds. The molecule has 0 aromatic carbocycles. The Morgan fingerprint density at radius 1 is 1.44 bits per heavy atom. The van der Waals surface area contributed by atoms with E-state index in [4.69, 9.17) is 10.5 Å². The predicted molar refractivity (Wildman–Crippen MR) is 64.0 cm³/mol. The van der Waals surface area contributed by atoms with Gasteiger partial charge in [-0.2, -0.15) is 0 Å². The Balaban J connectivity index is 2.24. The van der Waals surface area contributed by atoms with E-state index in [1.54, 1.807) is 0 Å². The lowest BCUT2D eigenvalue weighted by Gasteiger charge is -2.30. The largest absolute Gasteiger partial charge is 0.377 e. The zero-order valence-corrected chi connectivity index (χ0v) is 10.4. The van der Waals surface area contributed by atoms with E-state index >= 15 is 0 Å². The van der Waals surface area contributed by atoms with Crippen LogP contribution in [0.5, 0.6) is 0 Å². The van der Waals surface area contributed by atoms with E-state index in [2.05, 4.69) is 5.32 Å². The van der Waals surface area contributed by atoms with Crippen LogP contribution in [0.4, 0.5) is 0 Å². The maximum absolute atomic E-state index is 11.3. The van der Waals surface area contributed by atoms with Crippen LogP contribution in [0, 0.1) is 5.92 Å². The Kier molecular flexibility index (Phi) is 5.77. The van der Waals surface area contributed by atoms with Gasteiger partial charge in [0.2, 0.25) is 5.91 Å². The molecule has 94 valence electrons. The molecule has 1 aliphatic rings. The lowest BCUT2D eigenvalue weighted by Crippen LogP contribution is -2.45. The van der Waals surface area contributed by atoms with E-state index in [0.29, 0.717) is 6.61 Å². The van der Waals surface area contributed by atoms with Crippen LogP contribution in [0.2, 0.25) is 0 Å². The molecule has 2 atom stereocenters. The topological polar surface area (TPSA) is 64.3 Å². The number of amides is 1. The van der Waals surface area contributed by atoms with Gasteiger partial charge in [0.25, 0.3) is 0 Å². The molecule has 0 saturated heterocycles. The minimum atomic E-state index is -0.165. The van der Waals surface area contributed by atoms with Crippen molar-refractivity contribution in [2.24, 2.45) is 11.7 Å². The number of nitrogens with two attached hydrogens (primary N) is 1. The van der Waals surface area contributed by atoms with Gasteiger partial charge in [-0.1, -0.05) is 12.8 Å². The summed E-state index contributed by atoms with van der Waals surface area (Å²) in [5.74, 6) is -0.158. The molecule has 0 heterocycles. The van der Waals surface area contributed by atoms with Crippen LogP contribution in [0.3, 0.4) is 0 Å². The highest BCUT2D eigenvalue weighted by atomic mass is 16.5. The van der Waals surface area contributed by atoms with E-state index in [0.717, 1.165) is 25.8 Å². The molecule has 1 aliphatic carbocycles. The zero-order valence-electron chi connectivity index (χ0n) is 10.4. The molecule has 0 aromatic heterocycles. The minimum Gasteiger partial charge on any atom is -0.377 e. The Morgan fingerprint density at radius 2 is 2.12 bits per heavy atom. The van der Waals surface area contributed by atoms with Crippen LogP contribution in [-0.2, 0) is 9.53 Å². The molecule has 4 heteroatoms. The lowest BCUT2D eigenvalue weighted by atomic mass is 9.84. The molecular formula is C12H24N2O2. The van der Waals surface area contributed by atoms with Crippen LogP contribution < -0.4 is 11.1 Å². The van der Waals surface area contributed by atoms with Gasteiger partial charge in [0, 0.05) is 12.6 Å². The van der Waals surface area contributed by atoms with Gasteiger partial charge in [-0.3, -0.25) is 4.79 Å². The number of hydrogen-bond donors (Lipinski definition) is 2. The number of nitrogens with one attached hydrogen (secondary N) is 1. The third-order valence-electron chi connectivity index (χ3n) is 3.09. The summed E-state index contributed by atoms with van der Waals surface area (Å²) in [6.07, 6.45) is 4.55. The van der Waals surface area contributed by atoms with Crippen LogP contribution in [0.15, 0.2) is 0 Å². The second-order valence-electron chi connectivity index (χ2n) is 4.77. The highest BCUT2D eigenvalue weighted by Gasteiger charge is 2.28. The zero-order chi connectivity index (χ0) is 12.0. The summed E-state index contributed by atoms with van der Waals surface area (Å²) >= 11 is 0. The van der Waals surface area contributed by atoms with Crippen molar-refractivity contribution in [1.82, 2.24) is 5.32 Å². The second kappa shape index (κ2) is 6.86. The van der Waals surface area contributed by atoms with E-state index in [-0.39, 0.29) is 24.0 Å². The first kappa shape index (κ1) is 13.5. The van der Waals surface area contributed by atoms with Crippen molar-refractivity contribution in [1.29, 1.82) is 0 Å². The summed E-state index contributed by atoms with van der Waals surface area (Å²) in [4.78, 5) is 11.3. The van der Waals surface area contributed by atoms with Gasteiger partial charge >= 0.3 is 0 Å². The molecule has 0 aromatic rings. The number of carbonyl (C=O) groups excluding carboxylic acids is 1. The Hall–Kier alpha value is -0.610. The van der Waals surface area contributed by atoms with Gasteiger partial charge in [0.15, 0.2) is 0 Å². The molecule has 0 unspecified atom stereocenters. The highest BCUT2D eigenvalue weighted by molar-refractivity contribution is 5.77. The summed E-state index contributed by atoms with van der Waals surface area (Å²) < 4.78 is 5.45. The lowest BCUT2D eigenvalue weighted by molar-refractivity contribution is -0.123. The normalized spacial score (nSPS) is 25.9. The average Bonchev–Trinajstić information content (AvgIpc) is 2.24. The number of carbonyl (C=O) groups is 1. The van der Waals surface area contributed by atoms with Crippen molar-refractivity contribution in [3.05, 3.63) is 0 Å². The van der Waals surface area contributed by atoms with E-state index in [1.807, 2.05) is 13.8 Å². The molecule has 0 spiro atoms. The first-order chi connectivity index (χ1) is 7.61. The van der Waals surface area contributed by atoms with Gasteiger partial charge in [-0.25, -0.2) is 0 Å². The molecule has 1 fully saturated rings. The molecule has 16 heavy (non-hydrogen) atoms. The van der Waals surface area contributed by atoms with Crippen molar-refractivity contribution >= 4 is 5.91 Å². The Bertz CT molecular complexity index is 219. The molecule has 0 aliphatic heterocycles. The fourth-order valence-electron chi connectivity index (χ4n) is 2.25. The number of primary amides is 1. The summed E-state index contributed by atoms with van der Waals surface area (Å²) in [6.45, 7) is 5.53. The van der Waals surface area contributed by atoms with Crippen molar-refractivity contribution in [3.8, 4) is 0 Å². The Labute approximate surface area is 97.9 Å². The molecule has 0 bridgehead atoms. The minimum absolute atomic E-state index is 0.00722. The van der Waals surface area contributed by atoms with Crippen molar-refractivity contribution in [2.45, 2.75) is 51.7 Å². The first-order valence-corrected chi connectivity index (χ1v) is 6.25. The summed E-state index contributed by atoms with van der Waals surface area (Å²) in [5.41, 5.74) is 5.40. The van der Waals surface area contributed by atoms with E-state index in [9.17, 15) is 4.79 Å². The number of rotatable bonds is 6. The van der Waals surface area contributed by atoms with E-state index in [1.165, 1.54) is 6.42 Å². The molecule has 3 N–H and O–H groups in total. The molecule has 1 rings (SSSR count).